The van der Waals surface area contributed by atoms with Crippen molar-refractivity contribution in [3.8, 4) is 0 Å². The smallest absolute Gasteiger partial charge is 0.0915 e. The Morgan fingerprint density at radius 1 is 0.879 bits per heavy atom. The number of fused-ring (bicyclic) bond motifs is 7. The first kappa shape index (κ1) is 23.7. The topological polar surface area (TPSA) is 20.2 Å². The van der Waals surface area contributed by atoms with Gasteiger partial charge in [0.05, 0.1) is 5.76 Å². The summed E-state index contributed by atoms with van der Waals surface area (Å²) in [5.41, 5.74) is 4.33. The molecule has 5 aliphatic carbocycles. The van der Waals surface area contributed by atoms with E-state index in [1.165, 1.54) is 50.5 Å². The molecule has 0 amide bonds. The summed E-state index contributed by atoms with van der Waals surface area (Å²) in [6.07, 6.45) is 14.0. The monoisotopic (exact) mass is 450 g/mol. The molecule has 0 bridgehead atoms. The van der Waals surface area contributed by atoms with E-state index in [1.807, 2.05) is 0 Å². The summed E-state index contributed by atoms with van der Waals surface area (Å²) < 4.78 is 0. The van der Waals surface area contributed by atoms with Gasteiger partial charge in [0, 0.05) is 5.41 Å². The highest BCUT2D eigenvalue weighted by Crippen LogP contribution is 2.77. The van der Waals surface area contributed by atoms with Gasteiger partial charge in [0.25, 0.3) is 0 Å². The highest BCUT2D eigenvalue weighted by molar-refractivity contribution is 5.27. The van der Waals surface area contributed by atoms with Crippen LogP contribution in [0.4, 0.5) is 0 Å². The standard InChI is InChI=1S/C32H50O/c1-20(2)23-13-17-32(22(4)33)19-18-30(8)24(27(23)32)10-11-26-29(7)15-12-21(3)28(5,6)25(29)14-16-31(26,30)9/h12,23-27,33H,1,4,10-11,13-19H2,2-3,5-9H3/t23-,24+,25-,26+,27+,29-,30+,31+,32+/m0/s1. The highest BCUT2D eigenvalue weighted by atomic mass is 16.3. The zero-order chi connectivity index (χ0) is 24.2. The lowest BCUT2D eigenvalue weighted by Gasteiger charge is -2.72. The van der Waals surface area contributed by atoms with Gasteiger partial charge in [-0.2, -0.15) is 0 Å². The number of allylic oxidation sites excluding steroid dienone is 4. The van der Waals surface area contributed by atoms with Crippen LogP contribution in [0.15, 0.2) is 36.1 Å². The maximum atomic E-state index is 11.0. The summed E-state index contributed by atoms with van der Waals surface area (Å²) in [5.74, 6) is 3.82. The van der Waals surface area contributed by atoms with E-state index in [2.05, 4.69) is 67.7 Å². The number of hydrogen-bond acceptors (Lipinski definition) is 1. The predicted octanol–water partition coefficient (Wildman–Crippen LogP) is 9.27. The molecular formula is C32H50O. The van der Waals surface area contributed by atoms with E-state index >= 15 is 0 Å². The minimum atomic E-state index is -0.0647. The summed E-state index contributed by atoms with van der Waals surface area (Å²) in [4.78, 5) is 0. The second kappa shape index (κ2) is 7.04. The second-order valence-electron chi connectivity index (χ2n) is 14.6. The second-order valence-corrected chi connectivity index (χ2v) is 14.6. The molecule has 4 saturated carbocycles. The van der Waals surface area contributed by atoms with E-state index in [-0.39, 0.29) is 5.41 Å². The fourth-order valence-electron chi connectivity index (χ4n) is 11.4. The number of rotatable bonds is 2. The Morgan fingerprint density at radius 2 is 1.58 bits per heavy atom. The Balaban J connectivity index is 1.58. The predicted molar refractivity (Wildman–Crippen MR) is 140 cm³/mol. The first-order valence-corrected chi connectivity index (χ1v) is 14.0. The number of aliphatic hydroxyl groups excluding tert-OH is 1. The summed E-state index contributed by atoms with van der Waals surface area (Å²) in [7, 11) is 0. The Bertz CT molecular complexity index is 907. The Kier molecular flexibility index (Phi) is 5.07. The molecule has 0 aromatic rings. The van der Waals surface area contributed by atoms with Crippen molar-refractivity contribution in [3.05, 3.63) is 36.1 Å². The average molecular weight is 451 g/mol. The number of hydrogen-bond donors (Lipinski definition) is 1. The van der Waals surface area contributed by atoms with Crippen LogP contribution in [-0.2, 0) is 0 Å². The minimum absolute atomic E-state index is 0.0647. The van der Waals surface area contributed by atoms with E-state index in [0.29, 0.717) is 45.2 Å². The normalized spacial score (nSPS) is 52.6. The first-order chi connectivity index (χ1) is 15.3. The van der Waals surface area contributed by atoms with Crippen LogP contribution in [0.3, 0.4) is 0 Å². The van der Waals surface area contributed by atoms with Gasteiger partial charge in [-0.25, -0.2) is 0 Å². The fourth-order valence-corrected chi connectivity index (χ4v) is 11.4. The molecule has 0 unspecified atom stereocenters. The van der Waals surface area contributed by atoms with Crippen LogP contribution in [0.2, 0.25) is 0 Å². The number of aliphatic hydroxyl groups is 1. The molecule has 1 nitrogen and oxygen atoms in total. The summed E-state index contributed by atoms with van der Waals surface area (Å²) in [6, 6.07) is 0. The molecule has 5 aliphatic rings. The zero-order valence-corrected chi connectivity index (χ0v) is 22.7. The van der Waals surface area contributed by atoms with Crippen LogP contribution in [-0.4, -0.2) is 5.11 Å². The van der Waals surface area contributed by atoms with E-state index in [4.69, 9.17) is 0 Å². The van der Waals surface area contributed by atoms with Crippen LogP contribution in [0.25, 0.3) is 0 Å². The highest BCUT2D eigenvalue weighted by Gasteiger charge is 2.70. The molecule has 0 saturated heterocycles. The molecule has 0 aliphatic heterocycles. The van der Waals surface area contributed by atoms with Gasteiger partial charge < -0.3 is 5.11 Å². The van der Waals surface area contributed by atoms with Crippen molar-refractivity contribution in [1.29, 1.82) is 0 Å². The molecule has 4 fully saturated rings. The van der Waals surface area contributed by atoms with Crippen LogP contribution >= 0.6 is 0 Å². The molecule has 0 aromatic carbocycles. The molecular weight excluding hydrogens is 400 g/mol. The Hall–Kier alpha value is -0.980. The lowest BCUT2D eigenvalue weighted by Crippen LogP contribution is -2.65. The van der Waals surface area contributed by atoms with E-state index in [1.54, 1.807) is 5.57 Å². The third-order valence-corrected chi connectivity index (χ3v) is 13.6. The third kappa shape index (κ3) is 2.72. The van der Waals surface area contributed by atoms with Gasteiger partial charge in [-0.05, 0) is 123 Å². The van der Waals surface area contributed by atoms with Crippen molar-refractivity contribution in [3.63, 3.8) is 0 Å². The fraction of sp³-hybridized carbons (Fsp3) is 0.812. The van der Waals surface area contributed by atoms with Crippen molar-refractivity contribution in [2.45, 2.75) is 106 Å². The molecule has 33 heavy (non-hydrogen) atoms. The van der Waals surface area contributed by atoms with Crippen LogP contribution in [0, 0.1) is 56.7 Å². The SMILES string of the molecule is C=C(C)[C@@H]1CC[C@]2(C(=C)O)CC[C@]3(C)[C@H](CC[C@@H]4[C@@]5(C)CC=C(C)C(C)(C)[C@@H]5CC[C@]43C)[C@@H]12. The quantitative estimate of drug-likeness (QED) is 0.328. The van der Waals surface area contributed by atoms with E-state index in [0.717, 1.165) is 24.7 Å². The average Bonchev–Trinajstić information content (AvgIpc) is 3.13. The van der Waals surface area contributed by atoms with Gasteiger partial charge in [0.2, 0.25) is 0 Å². The van der Waals surface area contributed by atoms with Gasteiger partial charge in [0.1, 0.15) is 0 Å². The minimum Gasteiger partial charge on any atom is -0.512 e. The Morgan fingerprint density at radius 3 is 2.21 bits per heavy atom. The molecule has 0 aromatic heterocycles. The molecule has 0 spiro atoms. The third-order valence-electron chi connectivity index (χ3n) is 13.6. The molecule has 0 radical (unpaired) electrons. The zero-order valence-electron chi connectivity index (χ0n) is 22.7. The summed E-state index contributed by atoms with van der Waals surface area (Å²) >= 11 is 0. The molecule has 184 valence electrons. The molecule has 1 heteroatoms. The van der Waals surface area contributed by atoms with Gasteiger partial charge >= 0.3 is 0 Å². The maximum Gasteiger partial charge on any atom is 0.0915 e. The van der Waals surface area contributed by atoms with Crippen molar-refractivity contribution < 1.29 is 5.11 Å². The lowest BCUT2D eigenvalue weighted by molar-refractivity contribution is -0.225. The van der Waals surface area contributed by atoms with Gasteiger partial charge in [0.15, 0.2) is 0 Å². The van der Waals surface area contributed by atoms with Crippen LogP contribution < -0.4 is 0 Å². The summed E-state index contributed by atoms with van der Waals surface area (Å²) in [5, 5.41) is 11.0. The molecule has 9 atom stereocenters. The molecule has 1 N–H and O–H groups in total. The van der Waals surface area contributed by atoms with Crippen molar-refractivity contribution >= 4 is 0 Å². The lowest BCUT2D eigenvalue weighted by atomic mass is 9.32. The molecule has 5 rings (SSSR count). The van der Waals surface area contributed by atoms with Crippen molar-refractivity contribution in [2.75, 3.05) is 0 Å². The van der Waals surface area contributed by atoms with Crippen LogP contribution in [0.5, 0.6) is 0 Å². The van der Waals surface area contributed by atoms with Gasteiger partial charge in [-0.15, -0.1) is 0 Å². The van der Waals surface area contributed by atoms with Crippen molar-refractivity contribution in [2.24, 2.45) is 56.7 Å². The molecule has 0 heterocycles. The van der Waals surface area contributed by atoms with E-state index in [9.17, 15) is 5.11 Å². The Labute approximate surface area is 204 Å². The summed E-state index contributed by atoms with van der Waals surface area (Å²) in [6.45, 7) is 26.3. The largest absolute Gasteiger partial charge is 0.512 e. The maximum absolute atomic E-state index is 11.0. The van der Waals surface area contributed by atoms with E-state index < -0.39 is 0 Å². The van der Waals surface area contributed by atoms with Gasteiger partial charge in [-0.1, -0.05) is 65.0 Å². The van der Waals surface area contributed by atoms with Crippen molar-refractivity contribution in [1.82, 2.24) is 0 Å². The first-order valence-electron chi connectivity index (χ1n) is 14.0. The van der Waals surface area contributed by atoms with Crippen LogP contribution in [0.1, 0.15) is 106 Å². The van der Waals surface area contributed by atoms with Gasteiger partial charge in [-0.3, -0.25) is 0 Å².